The first-order chi connectivity index (χ1) is 9.58. The standard InChI is InChI=1S/C16H23NO3S/c1-11-8-6-7-9-12(11)21-10-13(18)17-16(4,5)15(2,3)14(19)20/h6-9H,10H2,1-5H3,(H,17,18)(H,19,20). The van der Waals surface area contributed by atoms with Gasteiger partial charge in [0.05, 0.1) is 11.2 Å². The van der Waals surface area contributed by atoms with E-state index in [9.17, 15) is 14.7 Å². The first-order valence-electron chi connectivity index (χ1n) is 6.81. The molecule has 0 aliphatic carbocycles. The van der Waals surface area contributed by atoms with Crippen LogP contribution < -0.4 is 5.32 Å². The molecule has 0 fully saturated rings. The minimum atomic E-state index is -1.05. The Kier molecular flexibility index (Phi) is 5.45. The van der Waals surface area contributed by atoms with Gasteiger partial charge in [-0.2, -0.15) is 0 Å². The maximum absolute atomic E-state index is 12.1. The zero-order chi connectivity index (χ0) is 16.3. The van der Waals surface area contributed by atoms with Crippen LogP contribution in [0.2, 0.25) is 0 Å². The fourth-order valence-corrected chi connectivity index (χ4v) is 2.50. The predicted octanol–water partition coefficient (Wildman–Crippen LogP) is 3.09. The molecule has 1 rings (SSSR count). The summed E-state index contributed by atoms with van der Waals surface area (Å²) >= 11 is 1.46. The number of carbonyl (C=O) groups is 2. The maximum Gasteiger partial charge on any atom is 0.311 e. The molecular weight excluding hydrogens is 286 g/mol. The molecule has 1 aromatic rings. The molecule has 4 nitrogen and oxygen atoms in total. The number of thioether (sulfide) groups is 1. The van der Waals surface area contributed by atoms with E-state index in [1.165, 1.54) is 11.8 Å². The average Bonchev–Trinajstić information content (AvgIpc) is 2.36. The highest BCUT2D eigenvalue weighted by molar-refractivity contribution is 8.00. The van der Waals surface area contributed by atoms with Crippen molar-refractivity contribution in [3.8, 4) is 0 Å². The number of rotatable bonds is 6. The molecule has 5 heteroatoms. The maximum atomic E-state index is 12.1. The van der Waals surface area contributed by atoms with E-state index in [0.717, 1.165) is 10.5 Å². The largest absolute Gasteiger partial charge is 0.481 e. The molecule has 0 heterocycles. The summed E-state index contributed by atoms with van der Waals surface area (Å²) in [5.41, 5.74) is -0.751. The lowest BCUT2D eigenvalue weighted by Gasteiger charge is -2.38. The van der Waals surface area contributed by atoms with E-state index in [-0.39, 0.29) is 11.7 Å². The molecule has 0 aliphatic heterocycles. The molecule has 1 amide bonds. The number of amides is 1. The summed E-state index contributed by atoms with van der Waals surface area (Å²) in [5.74, 6) is -0.828. The van der Waals surface area contributed by atoms with E-state index in [1.54, 1.807) is 27.7 Å². The molecule has 0 saturated carbocycles. The summed E-state index contributed by atoms with van der Waals surface area (Å²) in [4.78, 5) is 24.5. The van der Waals surface area contributed by atoms with Crippen molar-refractivity contribution in [1.82, 2.24) is 5.32 Å². The molecule has 21 heavy (non-hydrogen) atoms. The van der Waals surface area contributed by atoms with Crippen molar-refractivity contribution in [2.75, 3.05) is 5.75 Å². The molecule has 0 atom stereocenters. The van der Waals surface area contributed by atoms with Crippen molar-refractivity contribution >= 4 is 23.6 Å². The van der Waals surface area contributed by atoms with Crippen molar-refractivity contribution in [1.29, 1.82) is 0 Å². The van der Waals surface area contributed by atoms with E-state index in [0.29, 0.717) is 0 Å². The van der Waals surface area contributed by atoms with Gasteiger partial charge in [-0.25, -0.2) is 0 Å². The molecule has 0 aromatic heterocycles. The third-order valence-electron chi connectivity index (χ3n) is 4.00. The average molecular weight is 309 g/mol. The molecule has 0 saturated heterocycles. The van der Waals surface area contributed by atoms with Crippen molar-refractivity contribution in [2.24, 2.45) is 5.41 Å². The van der Waals surface area contributed by atoms with E-state index in [2.05, 4.69) is 5.32 Å². The monoisotopic (exact) mass is 309 g/mol. The Balaban J connectivity index is 2.66. The normalized spacial score (nSPS) is 12.0. The quantitative estimate of drug-likeness (QED) is 0.793. The Morgan fingerprint density at radius 1 is 1.19 bits per heavy atom. The van der Waals surface area contributed by atoms with E-state index >= 15 is 0 Å². The third kappa shape index (κ3) is 4.24. The van der Waals surface area contributed by atoms with Gasteiger partial charge in [-0.15, -0.1) is 11.8 Å². The van der Waals surface area contributed by atoms with Crippen LogP contribution in [0.1, 0.15) is 33.3 Å². The van der Waals surface area contributed by atoms with E-state index in [1.807, 2.05) is 31.2 Å². The van der Waals surface area contributed by atoms with Gasteiger partial charge < -0.3 is 10.4 Å². The number of aliphatic carboxylic acids is 1. The smallest absolute Gasteiger partial charge is 0.311 e. The Hall–Kier alpha value is -1.49. The number of nitrogens with one attached hydrogen (secondary N) is 1. The third-order valence-corrected chi connectivity index (χ3v) is 5.18. The van der Waals surface area contributed by atoms with Crippen molar-refractivity contribution in [3.05, 3.63) is 29.8 Å². The number of carboxylic acid groups (broad SMARTS) is 1. The van der Waals surface area contributed by atoms with Crippen molar-refractivity contribution in [3.63, 3.8) is 0 Å². The predicted molar refractivity (Wildman–Crippen MR) is 85.5 cm³/mol. The Labute approximate surface area is 130 Å². The number of carbonyl (C=O) groups excluding carboxylic acids is 1. The fraction of sp³-hybridized carbons (Fsp3) is 0.500. The van der Waals surface area contributed by atoms with Crippen LogP contribution >= 0.6 is 11.8 Å². The van der Waals surface area contributed by atoms with Gasteiger partial charge in [-0.1, -0.05) is 18.2 Å². The highest BCUT2D eigenvalue weighted by atomic mass is 32.2. The van der Waals surface area contributed by atoms with Gasteiger partial charge in [0.15, 0.2) is 0 Å². The lowest BCUT2D eigenvalue weighted by molar-refractivity contribution is -0.151. The minimum Gasteiger partial charge on any atom is -0.481 e. The van der Waals surface area contributed by atoms with Crippen molar-refractivity contribution < 1.29 is 14.7 Å². The molecule has 1 aromatic carbocycles. The van der Waals surface area contributed by atoms with Gasteiger partial charge in [0.25, 0.3) is 0 Å². The number of aryl methyl sites for hydroxylation is 1. The Morgan fingerprint density at radius 3 is 2.29 bits per heavy atom. The number of hydrogen-bond donors (Lipinski definition) is 2. The molecule has 0 aliphatic rings. The summed E-state index contributed by atoms with van der Waals surface area (Å²) in [6.45, 7) is 8.70. The van der Waals surface area contributed by atoms with Crippen LogP contribution in [0, 0.1) is 12.3 Å². The second kappa shape index (κ2) is 6.52. The molecule has 0 unspecified atom stereocenters. The lowest BCUT2D eigenvalue weighted by Crippen LogP contribution is -2.57. The topological polar surface area (TPSA) is 66.4 Å². The van der Waals surface area contributed by atoms with Crippen LogP contribution in [0.5, 0.6) is 0 Å². The highest BCUT2D eigenvalue weighted by Gasteiger charge is 2.44. The SMILES string of the molecule is Cc1ccccc1SCC(=O)NC(C)(C)C(C)(C)C(=O)O. The summed E-state index contributed by atoms with van der Waals surface area (Å²) in [7, 11) is 0. The molecule has 0 radical (unpaired) electrons. The zero-order valence-corrected chi connectivity index (χ0v) is 14.0. The Morgan fingerprint density at radius 2 is 1.76 bits per heavy atom. The minimum absolute atomic E-state index is 0.164. The second-order valence-electron chi connectivity index (χ2n) is 6.16. The fourth-order valence-electron chi connectivity index (χ4n) is 1.67. The molecule has 0 spiro atoms. The van der Waals surface area contributed by atoms with Crippen LogP contribution in [0.4, 0.5) is 0 Å². The van der Waals surface area contributed by atoms with Crippen LogP contribution in [0.15, 0.2) is 29.2 Å². The van der Waals surface area contributed by atoms with Gasteiger partial charge in [-0.3, -0.25) is 9.59 Å². The van der Waals surface area contributed by atoms with Crippen LogP contribution in [-0.2, 0) is 9.59 Å². The number of benzene rings is 1. The molecule has 0 bridgehead atoms. The van der Waals surface area contributed by atoms with Crippen LogP contribution in [-0.4, -0.2) is 28.3 Å². The van der Waals surface area contributed by atoms with Crippen LogP contribution in [0.25, 0.3) is 0 Å². The summed E-state index contributed by atoms with van der Waals surface area (Å²) < 4.78 is 0. The highest BCUT2D eigenvalue weighted by Crippen LogP contribution is 2.31. The first kappa shape index (κ1) is 17.6. The molecule has 2 N–H and O–H groups in total. The number of carboxylic acids is 1. The van der Waals surface area contributed by atoms with Gasteiger partial charge in [0, 0.05) is 10.4 Å². The second-order valence-corrected chi connectivity index (χ2v) is 7.17. The first-order valence-corrected chi connectivity index (χ1v) is 7.79. The summed E-state index contributed by atoms with van der Waals surface area (Å²) in [6, 6.07) is 7.86. The van der Waals surface area contributed by atoms with E-state index < -0.39 is 16.9 Å². The summed E-state index contributed by atoms with van der Waals surface area (Å²) in [5, 5.41) is 12.1. The van der Waals surface area contributed by atoms with E-state index in [4.69, 9.17) is 0 Å². The van der Waals surface area contributed by atoms with Gasteiger partial charge in [-0.05, 0) is 46.2 Å². The van der Waals surface area contributed by atoms with Crippen molar-refractivity contribution in [2.45, 2.75) is 45.1 Å². The molecule has 116 valence electrons. The molecular formula is C16H23NO3S. The van der Waals surface area contributed by atoms with Gasteiger partial charge in [0.1, 0.15) is 0 Å². The lowest BCUT2D eigenvalue weighted by atomic mass is 9.74. The Bertz CT molecular complexity index is 538. The van der Waals surface area contributed by atoms with Gasteiger partial charge in [0.2, 0.25) is 5.91 Å². The van der Waals surface area contributed by atoms with Crippen LogP contribution in [0.3, 0.4) is 0 Å². The summed E-state index contributed by atoms with van der Waals surface area (Å²) in [6.07, 6.45) is 0. The zero-order valence-electron chi connectivity index (χ0n) is 13.2. The van der Waals surface area contributed by atoms with Gasteiger partial charge >= 0.3 is 5.97 Å². The number of hydrogen-bond acceptors (Lipinski definition) is 3.